The molecule has 3 rings (SSSR count). The fourth-order valence-corrected chi connectivity index (χ4v) is 4.11. The lowest BCUT2D eigenvalue weighted by Gasteiger charge is -2.37. The van der Waals surface area contributed by atoms with E-state index in [0.29, 0.717) is 19.0 Å². The maximum atomic E-state index is 12.8. The summed E-state index contributed by atoms with van der Waals surface area (Å²) >= 11 is 0. The van der Waals surface area contributed by atoms with Crippen LogP contribution in [0.2, 0.25) is 0 Å². The number of carbonyl (C=O) groups excluding carboxylic acids is 1. The van der Waals surface area contributed by atoms with Gasteiger partial charge in [0.2, 0.25) is 5.91 Å². The summed E-state index contributed by atoms with van der Waals surface area (Å²) in [5, 5.41) is 12.6. The van der Waals surface area contributed by atoms with Crippen LogP contribution >= 0.6 is 0 Å². The third-order valence-corrected chi connectivity index (χ3v) is 5.18. The van der Waals surface area contributed by atoms with E-state index in [9.17, 15) is 14.7 Å². The minimum absolute atomic E-state index is 0.0518. The fourth-order valence-electron chi connectivity index (χ4n) is 4.11. The first kappa shape index (κ1) is 14.8. The van der Waals surface area contributed by atoms with Gasteiger partial charge in [0.15, 0.2) is 0 Å². The monoisotopic (exact) mass is 295 g/mol. The summed E-state index contributed by atoms with van der Waals surface area (Å²) in [6.07, 6.45) is 5.51. The van der Waals surface area contributed by atoms with Crippen LogP contribution in [-0.2, 0) is 9.59 Å². The third-order valence-electron chi connectivity index (χ3n) is 5.18. The maximum absolute atomic E-state index is 12.8. The van der Waals surface area contributed by atoms with E-state index in [1.165, 1.54) is 0 Å². The number of hydrogen-bond acceptors (Lipinski definition) is 4. The van der Waals surface area contributed by atoms with Crippen LogP contribution in [-0.4, -0.2) is 71.1 Å². The molecule has 0 bridgehead atoms. The molecule has 3 fully saturated rings. The molecule has 2 atom stereocenters. The number of nitrogens with zero attached hydrogens (tertiary/aromatic N) is 2. The van der Waals surface area contributed by atoms with Gasteiger partial charge in [0.05, 0.1) is 6.04 Å². The highest BCUT2D eigenvalue weighted by Gasteiger charge is 2.42. The molecule has 0 saturated carbocycles. The molecule has 0 radical (unpaired) electrons. The SMILES string of the molecule is O=C(O)C1CCCN1C(=O)C1CCCN1C1CCNCC1. The molecule has 2 N–H and O–H groups in total. The van der Waals surface area contributed by atoms with Crippen molar-refractivity contribution in [2.45, 2.75) is 56.7 Å². The Balaban J connectivity index is 1.69. The van der Waals surface area contributed by atoms with Crippen molar-refractivity contribution < 1.29 is 14.7 Å². The van der Waals surface area contributed by atoms with Gasteiger partial charge in [0.1, 0.15) is 6.04 Å². The Hall–Kier alpha value is -1.14. The van der Waals surface area contributed by atoms with Gasteiger partial charge in [-0.05, 0) is 58.2 Å². The molecule has 3 heterocycles. The van der Waals surface area contributed by atoms with E-state index >= 15 is 0 Å². The summed E-state index contributed by atoms with van der Waals surface area (Å²) in [6, 6.07) is -0.213. The number of rotatable bonds is 3. The number of carboxylic acid groups (broad SMARTS) is 1. The first-order valence-corrected chi connectivity index (χ1v) is 8.18. The summed E-state index contributed by atoms with van der Waals surface area (Å²) in [6.45, 7) is 3.62. The first-order chi connectivity index (χ1) is 10.2. The van der Waals surface area contributed by atoms with Crippen LogP contribution in [0.25, 0.3) is 0 Å². The molecule has 0 spiro atoms. The number of nitrogens with one attached hydrogen (secondary N) is 1. The predicted octanol–water partition coefficient (Wildman–Crippen LogP) is 0.278. The molecule has 21 heavy (non-hydrogen) atoms. The summed E-state index contributed by atoms with van der Waals surface area (Å²) < 4.78 is 0. The second-order valence-electron chi connectivity index (χ2n) is 6.40. The molecule has 3 aliphatic rings. The van der Waals surface area contributed by atoms with E-state index in [4.69, 9.17) is 0 Å². The van der Waals surface area contributed by atoms with Gasteiger partial charge in [0, 0.05) is 12.6 Å². The smallest absolute Gasteiger partial charge is 0.326 e. The Bertz CT molecular complexity index is 409. The van der Waals surface area contributed by atoms with Gasteiger partial charge in [0.25, 0.3) is 0 Å². The Morgan fingerprint density at radius 3 is 2.33 bits per heavy atom. The number of carboxylic acids is 1. The van der Waals surface area contributed by atoms with Gasteiger partial charge in [-0.15, -0.1) is 0 Å². The average molecular weight is 295 g/mol. The molecule has 118 valence electrons. The fraction of sp³-hybridized carbons (Fsp3) is 0.867. The number of amides is 1. The Morgan fingerprint density at radius 1 is 0.952 bits per heavy atom. The van der Waals surface area contributed by atoms with Crippen LogP contribution in [0.5, 0.6) is 0 Å². The molecule has 3 saturated heterocycles. The zero-order valence-electron chi connectivity index (χ0n) is 12.5. The van der Waals surface area contributed by atoms with Crippen molar-refractivity contribution in [1.29, 1.82) is 0 Å². The van der Waals surface area contributed by atoms with Gasteiger partial charge in [-0.25, -0.2) is 4.79 Å². The quantitative estimate of drug-likeness (QED) is 0.782. The predicted molar refractivity (Wildman–Crippen MR) is 78.0 cm³/mol. The van der Waals surface area contributed by atoms with E-state index < -0.39 is 12.0 Å². The van der Waals surface area contributed by atoms with E-state index in [1.54, 1.807) is 4.90 Å². The minimum atomic E-state index is -0.854. The van der Waals surface area contributed by atoms with Crippen molar-refractivity contribution in [3.05, 3.63) is 0 Å². The van der Waals surface area contributed by atoms with E-state index in [-0.39, 0.29) is 11.9 Å². The second kappa shape index (κ2) is 6.32. The Kier molecular flexibility index (Phi) is 4.45. The summed E-state index contributed by atoms with van der Waals surface area (Å²) in [5.41, 5.74) is 0. The van der Waals surface area contributed by atoms with Crippen LogP contribution in [0.1, 0.15) is 38.5 Å². The van der Waals surface area contributed by atoms with Crippen LogP contribution in [0.15, 0.2) is 0 Å². The highest BCUT2D eigenvalue weighted by Crippen LogP contribution is 2.28. The largest absolute Gasteiger partial charge is 0.480 e. The molecule has 0 aromatic heterocycles. The minimum Gasteiger partial charge on any atom is -0.480 e. The van der Waals surface area contributed by atoms with Crippen molar-refractivity contribution in [3.63, 3.8) is 0 Å². The molecule has 2 unspecified atom stereocenters. The van der Waals surface area contributed by atoms with Crippen LogP contribution in [0, 0.1) is 0 Å². The number of carbonyl (C=O) groups is 2. The Labute approximate surface area is 125 Å². The van der Waals surface area contributed by atoms with Crippen LogP contribution < -0.4 is 5.32 Å². The lowest BCUT2D eigenvalue weighted by molar-refractivity contribution is -0.150. The van der Waals surface area contributed by atoms with E-state index in [0.717, 1.165) is 51.7 Å². The van der Waals surface area contributed by atoms with Gasteiger partial charge >= 0.3 is 5.97 Å². The van der Waals surface area contributed by atoms with Gasteiger partial charge in [-0.1, -0.05) is 0 Å². The number of aliphatic carboxylic acids is 1. The van der Waals surface area contributed by atoms with Gasteiger partial charge in [-0.2, -0.15) is 0 Å². The standard InChI is InChI=1S/C15H25N3O3/c19-14(18-10-2-4-13(18)15(20)21)12-3-1-9-17(12)11-5-7-16-8-6-11/h11-13,16H,1-10H2,(H,20,21). The third kappa shape index (κ3) is 2.92. The van der Waals surface area contributed by atoms with Gasteiger partial charge < -0.3 is 15.3 Å². The van der Waals surface area contributed by atoms with Crippen molar-refractivity contribution in [3.8, 4) is 0 Å². The van der Waals surface area contributed by atoms with Crippen LogP contribution in [0.4, 0.5) is 0 Å². The molecule has 0 aliphatic carbocycles. The van der Waals surface area contributed by atoms with Gasteiger partial charge in [-0.3, -0.25) is 9.69 Å². The molecule has 0 aromatic carbocycles. The summed E-state index contributed by atoms with van der Waals surface area (Å²) in [7, 11) is 0. The number of likely N-dealkylation sites (tertiary alicyclic amines) is 2. The molecule has 3 aliphatic heterocycles. The van der Waals surface area contributed by atoms with Crippen molar-refractivity contribution >= 4 is 11.9 Å². The molecule has 1 amide bonds. The zero-order chi connectivity index (χ0) is 14.8. The Morgan fingerprint density at radius 2 is 1.62 bits per heavy atom. The van der Waals surface area contributed by atoms with Crippen LogP contribution in [0.3, 0.4) is 0 Å². The van der Waals surface area contributed by atoms with E-state index in [2.05, 4.69) is 10.2 Å². The highest BCUT2D eigenvalue weighted by atomic mass is 16.4. The lowest BCUT2D eigenvalue weighted by atomic mass is 10.0. The lowest BCUT2D eigenvalue weighted by Crippen LogP contribution is -2.53. The normalized spacial score (nSPS) is 31.7. The summed E-state index contributed by atoms with van der Waals surface area (Å²) in [4.78, 5) is 28.1. The molecular weight excluding hydrogens is 270 g/mol. The molecule has 6 nitrogen and oxygen atoms in total. The molecular formula is C15H25N3O3. The van der Waals surface area contributed by atoms with Crippen molar-refractivity contribution in [2.24, 2.45) is 0 Å². The van der Waals surface area contributed by atoms with Crippen molar-refractivity contribution in [1.82, 2.24) is 15.1 Å². The second-order valence-corrected chi connectivity index (χ2v) is 6.40. The zero-order valence-corrected chi connectivity index (χ0v) is 12.5. The molecule has 6 heteroatoms. The summed E-state index contributed by atoms with van der Waals surface area (Å²) in [5.74, 6) is -0.803. The van der Waals surface area contributed by atoms with E-state index in [1.807, 2.05) is 0 Å². The number of piperidine rings is 1. The average Bonchev–Trinajstić information content (AvgIpc) is 3.16. The highest BCUT2D eigenvalue weighted by molar-refractivity contribution is 5.87. The topological polar surface area (TPSA) is 72.9 Å². The number of hydrogen-bond donors (Lipinski definition) is 2. The van der Waals surface area contributed by atoms with Crippen molar-refractivity contribution in [2.75, 3.05) is 26.2 Å². The molecule has 0 aromatic rings. The maximum Gasteiger partial charge on any atom is 0.326 e. The first-order valence-electron chi connectivity index (χ1n) is 8.18.